The Morgan fingerprint density at radius 1 is 1.41 bits per heavy atom. The Hall–Kier alpha value is -0.700. The predicted octanol–water partition coefficient (Wildman–Crippen LogP) is 3.94. The number of benzene rings is 1. The maximum Gasteiger partial charge on any atom is 0.120 e. The topological polar surface area (TPSA) is 12.5 Å². The van der Waals surface area contributed by atoms with Gasteiger partial charge in [-0.25, -0.2) is 0 Å². The van der Waals surface area contributed by atoms with Crippen LogP contribution in [-0.4, -0.2) is 26.0 Å². The number of hydrogen-bond donors (Lipinski definition) is 0. The number of ether oxygens (including phenoxy) is 1. The van der Waals surface area contributed by atoms with Gasteiger partial charge in [-0.3, -0.25) is 0 Å². The zero-order valence-electron chi connectivity index (χ0n) is 10.9. The molecule has 3 heteroatoms. The van der Waals surface area contributed by atoms with Gasteiger partial charge in [0.05, 0.1) is 7.11 Å². The van der Waals surface area contributed by atoms with Crippen molar-refractivity contribution in [3.8, 4) is 5.75 Å². The van der Waals surface area contributed by atoms with Crippen LogP contribution in [0.1, 0.15) is 19.8 Å². The largest absolute Gasteiger partial charge is 0.497 e. The van der Waals surface area contributed by atoms with Crippen molar-refractivity contribution in [1.82, 2.24) is 0 Å². The number of rotatable bonds is 7. The molecule has 1 atom stereocenters. The van der Waals surface area contributed by atoms with Crippen LogP contribution in [0.3, 0.4) is 0 Å². The van der Waals surface area contributed by atoms with Crippen molar-refractivity contribution in [1.29, 1.82) is 0 Å². The van der Waals surface area contributed by atoms with Crippen LogP contribution < -0.4 is 9.64 Å². The minimum absolute atomic E-state index is 0.705. The SMILES string of the molecule is CCCC(CBr)CN(C)c1cccc(OC)c1. The lowest BCUT2D eigenvalue weighted by molar-refractivity contribution is 0.414. The summed E-state index contributed by atoms with van der Waals surface area (Å²) in [6.07, 6.45) is 2.50. The Balaban J connectivity index is 2.64. The maximum atomic E-state index is 5.25. The highest BCUT2D eigenvalue weighted by Crippen LogP contribution is 2.22. The van der Waals surface area contributed by atoms with Gasteiger partial charge < -0.3 is 9.64 Å². The number of hydrogen-bond acceptors (Lipinski definition) is 2. The fourth-order valence-corrected chi connectivity index (χ4v) is 2.49. The molecule has 0 N–H and O–H groups in total. The Morgan fingerprint density at radius 3 is 2.76 bits per heavy atom. The highest BCUT2D eigenvalue weighted by Gasteiger charge is 2.10. The predicted molar refractivity (Wildman–Crippen MR) is 78.5 cm³/mol. The second kappa shape index (κ2) is 7.59. The highest BCUT2D eigenvalue weighted by molar-refractivity contribution is 9.09. The second-order valence-electron chi connectivity index (χ2n) is 4.39. The minimum Gasteiger partial charge on any atom is -0.497 e. The third-order valence-electron chi connectivity index (χ3n) is 2.94. The highest BCUT2D eigenvalue weighted by atomic mass is 79.9. The third-order valence-corrected chi connectivity index (χ3v) is 3.86. The summed E-state index contributed by atoms with van der Waals surface area (Å²) in [4.78, 5) is 2.30. The summed E-state index contributed by atoms with van der Waals surface area (Å²) < 4.78 is 5.25. The van der Waals surface area contributed by atoms with Crippen LogP contribution in [0.4, 0.5) is 5.69 Å². The van der Waals surface area contributed by atoms with E-state index < -0.39 is 0 Å². The second-order valence-corrected chi connectivity index (χ2v) is 5.04. The van der Waals surface area contributed by atoms with Crippen molar-refractivity contribution in [3.63, 3.8) is 0 Å². The van der Waals surface area contributed by atoms with Crippen molar-refractivity contribution < 1.29 is 4.74 Å². The average Bonchev–Trinajstić information content (AvgIpc) is 2.38. The summed E-state index contributed by atoms with van der Waals surface area (Å²) in [7, 11) is 3.84. The third kappa shape index (κ3) is 4.58. The van der Waals surface area contributed by atoms with E-state index in [0.29, 0.717) is 5.92 Å². The van der Waals surface area contributed by atoms with Crippen molar-refractivity contribution in [2.24, 2.45) is 5.92 Å². The van der Waals surface area contributed by atoms with Crippen LogP contribution in [0.5, 0.6) is 5.75 Å². The molecule has 0 aromatic heterocycles. The van der Waals surface area contributed by atoms with Gasteiger partial charge in [0.2, 0.25) is 0 Å². The molecule has 1 aromatic rings. The summed E-state index contributed by atoms with van der Waals surface area (Å²) in [5, 5.41) is 1.06. The fraction of sp³-hybridized carbons (Fsp3) is 0.571. The summed E-state index contributed by atoms with van der Waals surface area (Å²) in [6.45, 7) is 3.31. The minimum atomic E-state index is 0.705. The van der Waals surface area contributed by atoms with Crippen molar-refractivity contribution in [2.45, 2.75) is 19.8 Å². The van der Waals surface area contributed by atoms with E-state index in [4.69, 9.17) is 4.74 Å². The van der Waals surface area contributed by atoms with Gasteiger partial charge in [-0.05, 0) is 24.5 Å². The van der Waals surface area contributed by atoms with E-state index >= 15 is 0 Å². The number of alkyl halides is 1. The van der Waals surface area contributed by atoms with Crippen molar-refractivity contribution >= 4 is 21.6 Å². The molecule has 0 aliphatic rings. The Kier molecular flexibility index (Phi) is 6.41. The lowest BCUT2D eigenvalue weighted by Gasteiger charge is -2.24. The molecule has 0 aliphatic heterocycles. The molecule has 2 nitrogen and oxygen atoms in total. The molecule has 0 saturated carbocycles. The van der Waals surface area contributed by atoms with Crippen LogP contribution in [0, 0.1) is 5.92 Å². The molecule has 0 heterocycles. The Labute approximate surface area is 113 Å². The smallest absolute Gasteiger partial charge is 0.120 e. The standard InChI is InChI=1S/C14H22BrNO/c1-4-6-12(10-15)11-16(2)13-7-5-8-14(9-13)17-3/h5,7-9,12H,4,6,10-11H2,1-3H3. The van der Waals surface area contributed by atoms with Crippen molar-refractivity contribution in [2.75, 3.05) is 30.9 Å². The maximum absolute atomic E-state index is 5.25. The fourth-order valence-electron chi connectivity index (χ4n) is 1.97. The van der Waals surface area contributed by atoms with Crippen LogP contribution in [-0.2, 0) is 0 Å². The Bertz CT molecular complexity index is 330. The van der Waals surface area contributed by atoms with E-state index in [1.54, 1.807) is 7.11 Å². The zero-order chi connectivity index (χ0) is 12.7. The van der Waals surface area contributed by atoms with E-state index in [2.05, 4.69) is 46.9 Å². The molecule has 1 rings (SSSR count). The molecule has 0 radical (unpaired) electrons. The molecular weight excluding hydrogens is 278 g/mol. The summed E-state index contributed by atoms with van der Waals surface area (Å²) in [6, 6.07) is 8.22. The van der Waals surface area contributed by atoms with Gasteiger partial charge in [0, 0.05) is 30.7 Å². The van der Waals surface area contributed by atoms with E-state index in [9.17, 15) is 0 Å². The monoisotopic (exact) mass is 299 g/mol. The van der Waals surface area contributed by atoms with E-state index in [1.807, 2.05) is 12.1 Å². The van der Waals surface area contributed by atoms with Gasteiger partial charge >= 0.3 is 0 Å². The molecule has 0 saturated heterocycles. The van der Waals surface area contributed by atoms with Gasteiger partial charge in [0.1, 0.15) is 5.75 Å². The quantitative estimate of drug-likeness (QED) is 0.707. The first kappa shape index (κ1) is 14.4. The normalized spacial score (nSPS) is 12.2. The summed E-state index contributed by atoms with van der Waals surface area (Å²) >= 11 is 3.59. The molecule has 0 amide bonds. The van der Waals surface area contributed by atoms with Gasteiger partial charge in [-0.2, -0.15) is 0 Å². The van der Waals surface area contributed by atoms with Gasteiger partial charge in [-0.1, -0.05) is 35.3 Å². The zero-order valence-corrected chi connectivity index (χ0v) is 12.5. The van der Waals surface area contributed by atoms with E-state index in [-0.39, 0.29) is 0 Å². The van der Waals surface area contributed by atoms with Gasteiger partial charge in [-0.15, -0.1) is 0 Å². The molecule has 0 bridgehead atoms. The van der Waals surface area contributed by atoms with E-state index in [1.165, 1.54) is 18.5 Å². The average molecular weight is 300 g/mol. The van der Waals surface area contributed by atoms with E-state index in [0.717, 1.165) is 17.6 Å². The molecule has 1 aromatic carbocycles. The molecule has 1 unspecified atom stereocenters. The van der Waals surface area contributed by atoms with Crippen molar-refractivity contribution in [3.05, 3.63) is 24.3 Å². The number of nitrogens with zero attached hydrogens (tertiary/aromatic N) is 1. The number of anilines is 1. The lowest BCUT2D eigenvalue weighted by atomic mass is 10.1. The lowest BCUT2D eigenvalue weighted by Crippen LogP contribution is -2.26. The first-order valence-corrected chi connectivity index (χ1v) is 7.24. The van der Waals surface area contributed by atoms with Gasteiger partial charge in [0.15, 0.2) is 0 Å². The summed E-state index contributed by atoms with van der Waals surface area (Å²) in [5.74, 6) is 1.62. The number of halogens is 1. The van der Waals surface area contributed by atoms with Crippen LogP contribution >= 0.6 is 15.9 Å². The summed E-state index contributed by atoms with van der Waals surface area (Å²) in [5.41, 5.74) is 1.21. The first-order valence-electron chi connectivity index (χ1n) is 6.12. The molecule has 96 valence electrons. The molecule has 0 fully saturated rings. The van der Waals surface area contributed by atoms with Crippen LogP contribution in [0.25, 0.3) is 0 Å². The molecule has 0 aliphatic carbocycles. The van der Waals surface area contributed by atoms with Crippen LogP contribution in [0.2, 0.25) is 0 Å². The first-order chi connectivity index (χ1) is 8.21. The molecule has 0 spiro atoms. The molecular formula is C14H22BrNO. The van der Waals surface area contributed by atoms with Gasteiger partial charge in [0.25, 0.3) is 0 Å². The van der Waals surface area contributed by atoms with Crippen LogP contribution in [0.15, 0.2) is 24.3 Å². The Morgan fingerprint density at radius 2 is 2.18 bits per heavy atom. The number of methoxy groups -OCH3 is 1. The molecule has 17 heavy (non-hydrogen) atoms.